The van der Waals surface area contributed by atoms with Gasteiger partial charge in [0.25, 0.3) is 0 Å². The van der Waals surface area contributed by atoms with Gasteiger partial charge in [-0.15, -0.1) is 0 Å². The summed E-state index contributed by atoms with van der Waals surface area (Å²) in [5.41, 5.74) is 0.808. The van der Waals surface area contributed by atoms with Crippen LogP contribution in [0.5, 0.6) is 0 Å². The van der Waals surface area contributed by atoms with Crippen LogP contribution in [0.2, 0.25) is 5.15 Å². The van der Waals surface area contributed by atoms with Crippen LogP contribution in [0.15, 0.2) is 12.7 Å². The first-order valence-corrected chi connectivity index (χ1v) is 5.93. The van der Waals surface area contributed by atoms with Gasteiger partial charge in [0.1, 0.15) is 24.4 Å². The third-order valence-electron chi connectivity index (χ3n) is 2.80. The van der Waals surface area contributed by atoms with E-state index >= 15 is 0 Å². The highest BCUT2D eigenvalue weighted by Gasteiger charge is 2.20. The zero-order chi connectivity index (χ0) is 13.8. The average Bonchev–Trinajstić information content (AvgIpc) is 2.86. The van der Waals surface area contributed by atoms with Crippen LogP contribution in [0.25, 0.3) is 11.2 Å². The van der Waals surface area contributed by atoms with Crippen molar-refractivity contribution in [2.45, 2.75) is 12.5 Å². The van der Waals surface area contributed by atoms with E-state index in [1.54, 1.807) is 0 Å². The zero-order valence-corrected chi connectivity index (χ0v) is 10.6. The molecule has 0 saturated carbocycles. The van der Waals surface area contributed by atoms with E-state index in [0.29, 0.717) is 23.7 Å². The fourth-order valence-electron chi connectivity index (χ4n) is 1.78. The Hall–Kier alpha value is -1.86. The lowest BCUT2D eigenvalue weighted by Gasteiger charge is -2.15. The van der Waals surface area contributed by atoms with E-state index in [2.05, 4.69) is 15.0 Å². The summed E-state index contributed by atoms with van der Waals surface area (Å²) < 4.78 is 1.52. The van der Waals surface area contributed by atoms with E-state index in [1.165, 1.54) is 17.2 Å². The number of nitrogens with zero attached hydrogens (tertiary/aromatic N) is 4. The molecular weight excluding hydrogens is 272 g/mol. The van der Waals surface area contributed by atoms with Gasteiger partial charge < -0.3 is 19.3 Å². The first-order chi connectivity index (χ1) is 9.21. The second kappa shape index (κ2) is 5.85. The van der Waals surface area contributed by atoms with Crippen LogP contribution < -0.4 is 0 Å². The van der Waals surface area contributed by atoms with E-state index in [4.69, 9.17) is 16.7 Å². The fourth-order valence-corrected chi connectivity index (χ4v) is 1.96. The Kier molecular flexibility index (Phi) is 4.18. The van der Waals surface area contributed by atoms with E-state index < -0.39 is 12.0 Å². The monoisotopic (exact) mass is 282 g/mol. The Morgan fingerprint density at radius 3 is 2.74 bits per heavy atom. The Morgan fingerprint density at radius 1 is 1.32 bits per heavy atom. The van der Waals surface area contributed by atoms with Crippen molar-refractivity contribution in [2.75, 3.05) is 6.61 Å². The summed E-state index contributed by atoms with van der Waals surface area (Å²) >= 11 is 5.87. The number of hydrogen-bond donors (Lipinski definition) is 1. The molecule has 0 aliphatic heterocycles. The Bertz CT molecular complexity index is 601. The number of hydrogen-bond acceptors (Lipinski definition) is 6. The molecule has 0 fully saturated rings. The van der Waals surface area contributed by atoms with Gasteiger partial charge >= 0.3 is 0 Å². The van der Waals surface area contributed by atoms with Crippen molar-refractivity contribution in [1.29, 1.82) is 0 Å². The third-order valence-corrected chi connectivity index (χ3v) is 3.08. The number of aliphatic hydroxyl groups excluding tert-OH is 1. The Morgan fingerprint density at radius 2 is 2.11 bits per heavy atom. The third kappa shape index (κ3) is 2.61. The second-order valence-electron chi connectivity index (χ2n) is 4.01. The van der Waals surface area contributed by atoms with Gasteiger partial charge in [-0.2, -0.15) is 0 Å². The van der Waals surface area contributed by atoms with Crippen LogP contribution in [0, 0.1) is 5.92 Å². The average molecular weight is 283 g/mol. The summed E-state index contributed by atoms with van der Waals surface area (Å²) in [5.74, 6) is -0.607. The molecule has 2 aromatic heterocycles. The minimum atomic E-state index is -0.640. The Labute approximate surface area is 113 Å². The van der Waals surface area contributed by atoms with Gasteiger partial charge in [-0.3, -0.25) is 0 Å². The van der Waals surface area contributed by atoms with E-state index in [1.807, 2.05) is 0 Å². The molecule has 2 aromatic rings. The van der Waals surface area contributed by atoms with Crippen molar-refractivity contribution in [3.05, 3.63) is 17.8 Å². The SMILES string of the molecule is O=CC(CO)CC(C=O)n1cnc2c(Cl)ncnc21. The predicted molar refractivity (Wildman–Crippen MR) is 66.7 cm³/mol. The lowest BCUT2D eigenvalue weighted by Crippen LogP contribution is -2.18. The van der Waals surface area contributed by atoms with Gasteiger partial charge in [0.05, 0.1) is 19.0 Å². The highest BCUT2D eigenvalue weighted by atomic mass is 35.5. The molecule has 0 spiro atoms. The molecule has 2 atom stereocenters. The maximum absolute atomic E-state index is 11.2. The topological polar surface area (TPSA) is 98.0 Å². The maximum Gasteiger partial charge on any atom is 0.165 e. The van der Waals surface area contributed by atoms with Gasteiger partial charge in [0.15, 0.2) is 10.8 Å². The van der Waals surface area contributed by atoms with E-state index in [0.717, 1.165) is 0 Å². The van der Waals surface area contributed by atoms with Crippen molar-refractivity contribution < 1.29 is 14.7 Å². The van der Waals surface area contributed by atoms with Crippen molar-refractivity contribution in [3.63, 3.8) is 0 Å². The van der Waals surface area contributed by atoms with Crippen LogP contribution in [0.3, 0.4) is 0 Å². The van der Waals surface area contributed by atoms with Gasteiger partial charge in [-0.25, -0.2) is 15.0 Å². The smallest absolute Gasteiger partial charge is 0.165 e. The molecule has 19 heavy (non-hydrogen) atoms. The quantitative estimate of drug-likeness (QED) is 0.609. The number of carbonyl (C=O) groups is 2. The molecule has 1 N–H and O–H groups in total. The second-order valence-corrected chi connectivity index (χ2v) is 4.36. The van der Waals surface area contributed by atoms with Crippen molar-refractivity contribution in [3.8, 4) is 0 Å². The molecule has 7 nitrogen and oxygen atoms in total. The number of rotatable bonds is 6. The molecule has 0 aliphatic carbocycles. The first kappa shape index (κ1) is 13.6. The minimum Gasteiger partial charge on any atom is -0.396 e. The molecule has 0 aliphatic rings. The lowest BCUT2D eigenvalue weighted by atomic mass is 10.0. The molecule has 0 amide bonds. The lowest BCUT2D eigenvalue weighted by molar-refractivity contribution is -0.114. The van der Waals surface area contributed by atoms with Crippen molar-refractivity contribution in [2.24, 2.45) is 5.92 Å². The number of imidazole rings is 1. The van der Waals surface area contributed by atoms with Crippen molar-refractivity contribution in [1.82, 2.24) is 19.5 Å². The maximum atomic E-state index is 11.2. The molecule has 0 radical (unpaired) electrons. The minimum absolute atomic E-state index is 0.177. The number of aldehydes is 2. The summed E-state index contributed by atoms with van der Waals surface area (Å²) in [4.78, 5) is 33.8. The zero-order valence-electron chi connectivity index (χ0n) is 9.81. The summed E-state index contributed by atoms with van der Waals surface area (Å²) in [5, 5.41) is 9.20. The number of aliphatic hydroxyl groups is 1. The van der Waals surface area contributed by atoms with E-state index in [-0.39, 0.29) is 18.2 Å². The molecule has 0 saturated heterocycles. The normalized spacial score (nSPS) is 14.2. The molecular formula is C11H11ClN4O3. The number of fused-ring (bicyclic) bond motifs is 1. The van der Waals surface area contributed by atoms with Gasteiger partial charge in [0, 0.05) is 5.92 Å². The summed E-state index contributed by atoms with van der Waals surface area (Å²) in [6, 6.07) is -0.640. The number of carbonyl (C=O) groups excluding carboxylic acids is 2. The molecule has 100 valence electrons. The highest BCUT2D eigenvalue weighted by Crippen LogP contribution is 2.22. The Balaban J connectivity index is 2.38. The van der Waals surface area contributed by atoms with Crippen molar-refractivity contribution >= 4 is 35.3 Å². The highest BCUT2D eigenvalue weighted by molar-refractivity contribution is 6.33. The molecule has 0 aromatic carbocycles. The largest absolute Gasteiger partial charge is 0.396 e. The van der Waals surface area contributed by atoms with Gasteiger partial charge in [-0.1, -0.05) is 11.6 Å². The molecule has 2 heterocycles. The van der Waals surface area contributed by atoms with Gasteiger partial charge in [-0.05, 0) is 6.42 Å². The summed E-state index contributed by atoms with van der Waals surface area (Å²) in [7, 11) is 0. The van der Waals surface area contributed by atoms with Crippen LogP contribution >= 0.6 is 11.6 Å². The van der Waals surface area contributed by atoms with Crippen LogP contribution in [-0.4, -0.2) is 43.8 Å². The molecule has 2 rings (SSSR count). The van der Waals surface area contributed by atoms with E-state index in [9.17, 15) is 9.59 Å². The first-order valence-electron chi connectivity index (χ1n) is 5.55. The van der Waals surface area contributed by atoms with Gasteiger partial charge in [0.2, 0.25) is 0 Å². The van der Waals surface area contributed by atoms with Crippen LogP contribution in [0.1, 0.15) is 12.5 Å². The standard InChI is InChI=1S/C11H11ClN4O3/c12-10-9-11(14-5-13-10)16(6-15-9)8(4-19)1-7(2-17)3-18/h2,4-8,18H,1,3H2. The summed E-state index contributed by atoms with van der Waals surface area (Å²) in [6.45, 7) is -0.309. The molecule has 0 bridgehead atoms. The number of halogens is 1. The predicted octanol–water partition coefficient (Wildman–Crippen LogP) is 0.417. The summed E-state index contributed by atoms with van der Waals surface area (Å²) in [6.07, 6.45) is 4.18. The molecule has 2 unspecified atom stereocenters. The molecule has 8 heteroatoms. The fraction of sp³-hybridized carbons (Fsp3) is 0.364. The van der Waals surface area contributed by atoms with Crippen LogP contribution in [0.4, 0.5) is 0 Å². The number of aromatic nitrogens is 4. The van der Waals surface area contributed by atoms with Crippen LogP contribution in [-0.2, 0) is 9.59 Å².